The van der Waals surface area contributed by atoms with Crippen LogP contribution in [0.1, 0.15) is 50.0 Å². The number of rotatable bonds is 4. The van der Waals surface area contributed by atoms with Crippen LogP contribution in [0.2, 0.25) is 0 Å². The van der Waals surface area contributed by atoms with Crippen molar-refractivity contribution in [2.24, 2.45) is 34.0 Å². The van der Waals surface area contributed by atoms with E-state index in [2.05, 4.69) is 11.6 Å². The predicted octanol–water partition coefficient (Wildman–Crippen LogP) is 2.74. The maximum absolute atomic E-state index is 14.3. The Labute approximate surface area is 237 Å². The van der Waals surface area contributed by atoms with E-state index in [1.165, 1.54) is 14.2 Å². The summed E-state index contributed by atoms with van der Waals surface area (Å²) in [6, 6.07) is 5.09. The predicted molar refractivity (Wildman–Crippen MR) is 145 cm³/mol. The number of hydrogen-bond donors (Lipinski definition) is 4. The molecule has 8 rings (SSSR count). The molecule has 6 aliphatic rings. The molecule has 2 spiro atoms. The standard InChI is InChI=1S/C31H37NO9/c1-14-16-6-7-21-29-13-40-31(37,25(35)23(29)28(2,3)9-8-22(29)33)30(21,24(14)34)26(16)41-27(36)18-10-15-11-19(38-4)20(39-5)12-17(15)32-18/h10-12,16,21-23,25-26,32-33,35,37H,1,6-9,13H2,2-5H3/t16-,21-,22-,23+,25-,26+,29+,30-,31+/m0/s1. The van der Waals surface area contributed by atoms with Gasteiger partial charge in [-0.05, 0) is 54.7 Å². The molecule has 0 radical (unpaired) electrons. The lowest BCUT2D eigenvalue weighted by Gasteiger charge is -2.74. The molecule has 2 aromatic rings. The van der Waals surface area contributed by atoms with E-state index in [1.54, 1.807) is 18.2 Å². The van der Waals surface area contributed by atoms with Crippen LogP contribution in [0, 0.1) is 34.0 Å². The van der Waals surface area contributed by atoms with Gasteiger partial charge >= 0.3 is 5.97 Å². The molecule has 4 bridgehead atoms. The number of methoxy groups -OCH3 is 2. The molecular weight excluding hydrogens is 530 g/mol. The lowest BCUT2D eigenvalue weighted by molar-refractivity contribution is -0.457. The van der Waals surface area contributed by atoms with Crippen molar-refractivity contribution >= 4 is 22.7 Å². The number of H-pyrrole nitrogens is 1. The van der Waals surface area contributed by atoms with E-state index in [1.807, 2.05) is 13.8 Å². The molecule has 1 aromatic heterocycles. The van der Waals surface area contributed by atoms with Crippen molar-refractivity contribution in [2.45, 2.75) is 63.6 Å². The Morgan fingerprint density at radius 3 is 2.51 bits per heavy atom. The van der Waals surface area contributed by atoms with Crippen molar-refractivity contribution in [1.29, 1.82) is 0 Å². The Bertz CT molecular complexity index is 1450. The van der Waals surface area contributed by atoms with Crippen LogP contribution in [-0.2, 0) is 14.3 Å². The highest BCUT2D eigenvalue weighted by molar-refractivity contribution is 6.06. The highest BCUT2D eigenvalue weighted by atomic mass is 16.6. The van der Waals surface area contributed by atoms with E-state index in [-0.39, 0.29) is 17.9 Å². The first-order valence-corrected chi connectivity index (χ1v) is 14.3. The first-order chi connectivity index (χ1) is 19.4. The molecule has 0 unspecified atom stereocenters. The number of carbonyl (C=O) groups is 2. The second kappa shape index (κ2) is 8.34. The van der Waals surface area contributed by atoms with Gasteiger partial charge in [-0.3, -0.25) is 4.79 Å². The van der Waals surface area contributed by atoms with Crippen molar-refractivity contribution < 1.29 is 43.9 Å². The minimum atomic E-state index is -2.31. The number of esters is 1. The average molecular weight is 568 g/mol. The summed E-state index contributed by atoms with van der Waals surface area (Å²) in [6.07, 6.45) is -1.29. The molecule has 1 aromatic carbocycles. The van der Waals surface area contributed by atoms with Crippen LogP contribution in [0.4, 0.5) is 0 Å². The summed E-state index contributed by atoms with van der Waals surface area (Å²) in [5.41, 5.74) is -2.17. The topological polar surface area (TPSA) is 148 Å². The smallest absolute Gasteiger partial charge is 0.355 e. The van der Waals surface area contributed by atoms with Crippen molar-refractivity contribution in [1.82, 2.24) is 4.98 Å². The quantitative estimate of drug-likeness (QED) is 0.323. The number of fused-ring (bicyclic) bond motifs is 3. The second-order valence-corrected chi connectivity index (χ2v) is 13.3. The molecule has 10 nitrogen and oxygen atoms in total. The van der Waals surface area contributed by atoms with Gasteiger partial charge < -0.3 is 39.3 Å². The number of Topliss-reactive ketones (excluding diaryl/α,β-unsaturated/α-hetero) is 1. The molecule has 41 heavy (non-hydrogen) atoms. The number of nitrogens with one attached hydrogen (secondary N) is 1. The molecule has 4 N–H and O–H groups in total. The summed E-state index contributed by atoms with van der Waals surface area (Å²) in [6.45, 7) is 8.14. The first-order valence-electron chi connectivity index (χ1n) is 14.3. The van der Waals surface area contributed by atoms with E-state index in [0.29, 0.717) is 48.1 Å². The zero-order chi connectivity index (χ0) is 29.3. The van der Waals surface area contributed by atoms with Gasteiger partial charge in [0.25, 0.3) is 0 Å². The minimum absolute atomic E-state index is 0.0129. The van der Waals surface area contributed by atoms with Gasteiger partial charge in [0, 0.05) is 28.7 Å². The molecule has 9 atom stereocenters. The van der Waals surface area contributed by atoms with Gasteiger partial charge in [-0.1, -0.05) is 20.4 Å². The maximum Gasteiger partial charge on any atom is 0.355 e. The van der Waals surface area contributed by atoms with Gasteiger partial charge in [0.15, 0.2) is 17.3 Å². The minimum Gasteiger partial charge on any atom is -0.493 e. The third-order valence-electron chi connectivity index (χ3n) is 11.4. The normalized spacial score (nSPS) is 42.1. The summed E-state index contributed by atoms with van der Waals surface area (Å²) in [4.78, 5) is 31.1. The summed E-state index contributed by atoms with van der Waals surface area (Å²) in [5, 5.41) is 36.5. The fourth-order valence-electron chi connectivity index (χ4n) is 9.79. The van der Waals surface area contributed by atoms with E-state index in [4.69, 9.17) is 18.9 Å². The zero-order valence-corrected chi connectivity index (χ0v) is 23.7. The Morgan fingerprint density at radius 1 is 1.10 bits per heavy atom. The molecule has 4 saturated carbocycles. The van der Waals surface area contributed by atoms with Gasteiger partial charge in [0.05, 0.1) is 32.4 Å². The molecule has 2 aliphatic heterocycles. The van der Waals surface area contributed by atoms with E-state index in [9.17, 15) is 24.9 Å². The number of aromatic nitrogens is 1. The van der Waals surface area contributed by atoms with Gasteiger partial charge in [0.1, 0.15) is 23.3 Å². The van der Waals surface area contributed by atoms with Crippen LogP contribution in [0.15, 0.2) is 30.4 Å². The van der Waals surface area contributed by atoms with E-state index in [0.717, 1.165) is 0 Å². The van der Waals surface area contributed by atoms with Crippen molar-refractivity contribution in [3.05, 3.63) is 36.0 Å². The van der Waals surface area contributed by atoms with Gasteiger partial charge in [-0.15, -0.1) is 0 Å². The first kappa shape index (κ1) is 26.9. The summed E-state index contributed by atoms with van der Waals surface area (Å²) >= 11 is 0. The van der Waals surface area contributed by atoms with Gasteiger partial charge in [0.2, 0.25) is 5.79 Å². The number of hydrogen-bond acceptors (Lipinski definition) is 9. The lowest BCUT2D eigenvalue weighted by Crippen LogP contribution is -2.85. The third kappa shape index (κ3) is 2.96. The second-order valence-electron chi connectivity index (χ2n) is 13.3. The number of ketones is 1. The Morgan fingerprint density at radius 2 is 1.80 bits per heavy atom. The van der Waals surface area contributed by atoms with Crippen LogP contribution in [-0.4, -0.2) is 77.0 Å². The number of aliphatic hydroxyl groups excluding tert-OH is 2. The third-order valence-corrected chi connectivity index (χ3v) is 11.4. The highest BCUT2D eigenvalue weighted by Gasteiger charge is 2.87. The van der Waals surface area contributed by atoms with Gasteiger partial charge in [-0.2, -0.15) is 0 Å². The Hall–Kier alpha value is -2.92. The van der Waals surface area contributed by atoms with Crippen LogP contribution < -0.4 is 9.47 Å². The van der Waals surface area contributed by atoms with Crippen molar-refractivity contribution in [2.75, 3.05) is 20.8 Å². The summed E-state index contributed by atoms with van der Waals surface area (Å²) in [5.74, 6) is -4.12. The molecule has 2 saturated heterocycles. The number of ether oxygens (including phenoxy) is 4. The Balaban J connectivity index is 1.34. The molecule has 6 fully saturated rings. The van der Waals surface area contributed by atoms with Crippen LogP contribution in [0.5, 0.6) is 11.5 Å². The molecule has 0 amide bonds. The summed E-state index contributed by atoms with van der Waals surface area (Å²) in [7, 11) is 3.05. The van der Waals surface area contributed by atoms with E-state index >= 15 is 0 Å². The monoisotopic (exact) mass is 567 g/mol. The zero-order valence-electron chi connectivity index (χ0n) is 23.7. The maximum atomic E-state index is 14.3. The van der Waals surface area contributed by atoms with Crippen LogP contribution in [0.25, 0.3) is 10.9 Å². The molecule has 220 valence electrons. The summed E-state index contributed by atoms with van der Waals surface area (Å²) < 4.78 is 23.0. The number of carbonyl (C=O) groups excluding carboxylic acids is 2. The molecular formula is C31H37NO9. The molecule has 3 heterocycles. The average Bonchev–Trinajstić information content (AvgIpc) is 3.41. The van der Waals surface area contributed by atoms with Crippen LogP contribution in [0.3, 0.4) is 0 Å². The molecule has 4 aliphatic carbocycles. The van der Waals surface area contributed by atoms with Crippen LogP contribution >= 0.6 is 0 Å². The lowest BCUT2D eigenvalue weighted by atomic mass is 9.35. The molecule has 10 heteroatoms. The largest absolute Gasteiger partial charge is 0.493 e. The highest BCUT2D eigenvalue weighted by Crippen LogP contribution is 2.76. The van der Waals surface area contributed by atoms with Gasteiger partial charge in [-0.25, -0.2) is 4.79 Å². The van der Waals surface area contributed by atoms with Crippen molar-refractivity contribution in [3.8, 4) is 11.5 Å². The van der Waals surface area contributed by atoms with E-state index < -0.39 is 69.9 Å². The fourth-order valence-corrected chi connectivity index (χ4v) is 9.79. The number of aromatic amines is 1. The Kier molecular flexibility index (Phi) is 5.48. The number of aliphatic hydroxyl groups is 3. The fraction of sp³-hybridized carbons (Fsp3) is 0.613. The number of benzene rings is 1. The SMILES string of the molecule is C=C1C(=O)[C@]23[C@H](OC(=O)c4cc5cc(OC)c(OC)cc5[nH]4)[C@H]1CC[C@H]2[C@@]12CO[C@]3(O)[C@@H](O)[C@@H]1C(C)(C)CC[C@@H]2O. The van der Waals surface area contributed by atoms with Crippen molar-refractivity contribution in [3.63, 3.8) is 0 Å².